The number of ether oxygens (including phenoxy) is 1. The minimum atomic E-state index is -0.968. The second kappa shape index (κ2) is 9.22. The highest BCUT2D eigenvalue weighted by Crippen LogP contribution is 2.34. The summed E-state index contributed by atoms with van der Waals surface area (Å²) in [5.41, 5.74) is 2.92. The van der Waals surface area contributed by atoms with E-state index in [1.807, 2.05) is 24.3 Å². The number of amides is 1. The summed E-state index contributed by atoms with van der Waals surface area (Å²) in [4.78, 5) is 27.6. The Balaban J connectivity index is 1.43. The fourth-order valence-electron chi connectivity index (χ4n) is 4.19. The van der Waals surface area contributed by atoms with Crippen molar-refractivity contribution in [3.63, 3.8) is 0 Å². The number of benzene rings is 2. The average molecular weight is 422 g/mol. The van der Waals surface area contributed by atoms with Gasteiger partial charge in [-0.2, -0.15) is 0 Å². The number of carbonyl (C=O) groups excluding carboxylic acids is 1. The molecule has 1 unspecified atom stereocenters. The van der Waals surface area contributed by atoms with Gasteiger partial charge in [0.05, 0.1) is 24.8 Å². The molecule has 0 radical (unpaired) electrons. The Hall–Kier alpha value is -3.32. The van der Waals surface area contributed by atoms with E-state index in [1.165, 1.54) is 17.0 Å². The molecule has 1 amide bonds. The van der Waals surface area contributed by atoms with Gasteiger partial charge >= 0.3 is 6.09 Å². The van der Waals surface area contributed by atoms with Crippen LogP contribution in [0.3, 0.4) is 0 Å². The third-order valence-electron chi connectivity index (χ3n) is 5.87. The van der Waals surface area contributed by atoms with Crippen LogP contribution in [0.2, 0.25) is 0 Å². The van der Waals surface area contributed by atoms with Gasteiger partial charge in [0, 0.05) is 25.3 Å². The molecule has 2 aliphatic heterocycles. The van der Waals surface area contributed by atoms with E-state index in [1.54, 1.807) is 18.2 Å². The van der Waals surface area contributed by atoms with Gasteiger partial charge in [0.25, 0.3) is 0 Å². The summed E-state index contributed by atoms with van der Waals surface area (Å²) in [6.07, 6.45) is 3.69. The predicted molar refractivity (Wildman–Crippen MR) is 118 cm³/mol. The molecule has 7 nitrogen and oxygen atoms in total. The van der Waals surface area contributed by atoms with Crippen molar-refractivity contribution in [3.05, 3.63) is 65.2 Å². The van der Waals surface area contributed by atoms with E-state index in [-0.39, 0.29) is 23.1 Å². The Bertz CT molecular complexity index is 980. The Morgan fingerprint density at radius 2 is 1.77 bits per heavy atom. The van der Waals surface area contributed by atoms with Gasteiger partial charge < -0.3 is 24.7 Å². The molecule has 31 heavy (non-hydrogen) atoms. The fraction of sp³-hybridized carbons (Fsp3) is 0.333. The number of allylic oxidation sites excluding steroid dienone is 1. The first-order valence-electron chi connectivity index (χ1n) is 10.5. The van der Waals surface area contributed by atoms with Crippen molar-refractivity contribution >= 4 is 23.6 Å². The predicted octanol–water partition coefficient (Wildman–Crippen LogP) is 3.94. The molecule has 162 valence electrons. The highest BCUT2D eigenvalue weighted by atomic mass is 16.5. The van der Waals surface area contributed by atoms with Crippen molar-refractivity contribution in [2.75, 3.05) is 37.7 Å². The van der Waals surface area contributed by atoms with E-state index in [0.29, 0.717) is 18.5 Å². The quantitative estimate of drug-likeness (QED) is 0.560. The smallest absolute Gasteiger partial charge is 0.407 e. The first kappa shape index (κ1) is 20.9. The highest BCUT2D eigenvalue weighted by molar-refractivity contribution is 6.08. The number of hydrogen-bond acceptors (Lipinski definition) is 5. The summed E-state index contributed by atoms with van der Waals surface area (Å²) in [6.45, 7) is 3.68. The zero-order valence-electron chi connectivity index (χ0n) is 17.2. The molecular formula is C24H26N2O5. The van der Waals surface area contributed by atoms with Gasteiger partial charge in [0.1, 0.15) is 5.75 Å². The molecule has 4 rings (SSSR count). The molecule has 7 heteroatoms. The number of hydrogen-bond donors (Lipinski definition) is 2. The molecule has 0 aromatic heterocycles. The lowest BCUT2D eigenvalue weighted by Crippen LogP contribution is -2.36. The SMILES string of the molecule is O=C(/C=C/c1ccc(N2CCOCC2)cc1)c1ccc(C2CCCN2C(=O)O)cc1O. The fourth-order valence-corrected chi connectivity index (χ4v) is 4.19. The normalized spacial score (nSPS) is 19.2. The van der Waals surface area contributed by atoms with Crippen molar-refractivity contribution in [3.8, 4) is 5.75 Å². The summed E-state index contributed by atoms with van der Waals surface area (Å²) in [7, 11) is 0. The van der Waals surface area contributed by atoms with Crippen LogP contribution >= 0.6 is 0 Å². The van der Waals surface area contributed by atoms with Gasteiger partial charge in [-0.3, -0.25) is 4.79 Å². The Labute approximate surface area is 181 Å². The number of carboxylic acid groups (broad SMARTS) is 1. The van der Waals surface area contributed by atoms with E-state index in [9.17, 15) is 19.8 Å². The number of anilines is 1. The number of aromatic hydroxyl groups is 1. The number of likely N-dealkylation sites (tertiary alicyclic amines) is 1. The molecule has 1 atom stereocenters. The summed E-state index contributed by atoms with van der Waals surface area (Å²) < 4.78 is 5.37. The number of carbonyl (C=O) groups is 2. The van der Waals surface area contributed by atoms with Crippen LogP contribution < -0.4 is 4.90 Å². The number of ketones is 1. The third-order valence-corrected chi connectivity index (χ3v) is 5.87. The molecule has 0 bridgehead atoms. The number of nitrogens with zero attached hydrogens (tertiary/aromatic N) is 2. The van der Waals surface area contributed by atoms with E-state index in [4.69, 9.17) is 4.74 Å². The first-order chi connectivity index (χ1) is 15.0. The molecule has 2 heterocycles. The first-order valence-corrected chi connectivity index (χ1v) is 10.5. The second-order valence-electron chi connectivity index (χ2n) is 7.80. The van der Waals surface area contributed by atoms with Crippen molar-refractivity contribution < 1.29 is 24.5 Å². The maximum Gasteiger partial charge on any atom is 0.407 e. The lowest BCUT2D eigenvalue weighted by atomic mass is 10.00. The van der Waals surface area contributed by atoms with E-state index in [2.05, 4.69) is 4.90 Å². The third kappa shape index (κ3) is 4.72. The van der Waals surface area contributed by atoms with Crippen LogP contribution in [0.5, 0.6) is 5.75 Å². The van der Waals surface area contributed by atoms with E-state index >= 15 is 0 Å². The van der Waals surface area contributed by atoms with E-state index in [0.717, 1.165) is 44.0 Å². The maximum absolute atomic E-state index is 12.6. The lowest BCUT2D eigenvalue weighted by Gasteiger charge is -2.28. The van der Waals surface area contributed by atoms with Gasteiger partial charge in [0.2, 0.25) is 0 Å². The van der Waals surface area contributed by atoms with Crippen molar-refractivity contribution in [1.29, 1.82) is 0 Å². The van der Waals surface area contributed by atoms with E-state index < -0.39 is 6.09 Å². The largest absolute Gasteiger partial charge is 0.507 e. The molecule has 2 N–H and O–H groups in total. The van der Waals surface area contributed by atoms with Gasteiger partial charge in [0.15, 0.2) is 5.78 Å². The summed E-state index contributed by atoms with van der Waals surface area (Å²) >= 11 is 0. The van der Waals surface area contributed by atoms with Crippen LogP contribution in [0.1, 0.15) is 40.4 Å². The maximum atomic E-state index is 12.6. The van der Waals surface area contributed by atoms with Gasteiger partial charge in [-0.1, -0.05) is 24.3 Å². The molecule has 0 spiro atoms. The van der Waals surface area contributed by atoms with Crippen LogP contribution in [0.25, 0.3) is 6.08 Å². The minimum Gasteiger partial charge on any atom is -0.507 e. The van der Waals surface area contributed by atoms with Crippen LogP contribution in [-0.4, -0.2) is 59.8 Å². The highest BCUT2D eigenvalue weighted by Gasteiger charge is 2.30. The minimum absolute atomic E-state index is 0.132. The molecule has 2 fully saturated rings. The lowest BCUT2D eigenvalue weighted by molar-refractivity contribution is 0.104. The van der Waals surface area contributed by atoms with Crippen LogP contribution in [0.4, 0.5) is 10.5 Å². The van der Waals surface area contributed by atoms with Gasteiger partial charge in [-0.05, 0) is 54.3 Å². The molecular weight excluding hydrogens is 396 g/mol. The van der Waals surface area contributed by atoms with Crippen molar-refractivity contribution in [2.45, 2.75) is 18.9 Å². The second-order valence-corrected chi connectivity index (χ2v) is 7.80. The summed E-state index contributed by atoms with van der Waals surface area (Å²) in [5.74, 6) is -0.435. The molecule has 0 saturated carbocycles. The number of rotatable bonds is 5. The summed E-state index contributed by atoms with van der Waals surface area (Å²) in [6, 6.07) is 12.5. The Morgan fingerprint density at radius 1 is 1.03 bits per heavy atom. The summed E-state index contributed by atoms with van der Waals surface area (Å²) in [5, 5.41) is 19.7. The molecule has 2 aliphatic rings. The van der Waals surface area contributed by atoms with Crippen LogP contribution in [-0.2, 0) is 4.74 Å². The molecule has 2 aromatic rings. The van der Waals surface area contributed by atoms with Gasteiger partial charge in [-0.15, -0.1) is 0 Å². The van der Waals surface area contributed by atoms with Crippen molar-refractivity contribution in [1.82, 2.24) is 4.90 Å². The number of phenols is 1. The number of phenolic OH excluding ortho intramolecular Hbond substituents is 1. The zero-order chi connectivity index (χ0) is 21.8. The Kier molecular flexibility index (Phi) is 6.23. The molecule has 0 aliphatic carbocycles. The standard InChI is InChI=1S/C24H26N2O5/c27-22(10-5-17-3-7-19(8-4-17)25-12-14-31-15-13-25)20-9-6-18(16-23(20)28)21-2-1-11-26(21)24(29)30/h3-10,16,21,28H,1-2,11-15H2,(H,29,30)/b10-5+. The van der Waals surface area contributed by atoms with Crippen molar-refractivity contribution in [2.24, 2.45) is 0 Å². The van der Waals surface area contributed by atoms with Crippen LogP contribution in [0.15, 0.2) is 48.5 Å². The van der Waals surface area contributed by atoms with Crippen LogP contribution in [0, 0.1) is 0 Å². The topological polar surface area (TPSA) is 90.3 Å². The Morgan fingerprint density at radius 3 is 2.45 bits per heavy atom. The zero-order valence-corrected chi connectivity index (χ0v) is 17.2. The number of morpholine rings is 1. The molecule has 2 saturated heterocycles. The van der Waals surface area contributed by atoms with Gasteiger partial charge in [-0.25, -0.2) is 4.79 Å². The monoisotopic (exact) mass is 422 g/mol. The average Bonchev–Trinajstić information content (AvgIpc) is 3.29. The molecule has 2 aromatic carbocycles.